The average molecular weight is 310 g/mol. The van der Waals surface area contributed by atoms with Crippen LogP contribution in [0.25, 0.3) is 0 Å². The summed E-state index contributed by atoms with van der Waals surface area (Å²) < 4.78 is 0. The summed E-state index contributed by atoms with van der Waals surface area (Å²) in [7, 11) is 1.91. The van der Waals surface area contributed by atoms with E-state index in [1.165, 1.54) is 26.7 Å². The highest BCUT2D eigenvalue weighted by molar-refractivity contribution is 7.99. The molecule has 1 atom stereocenters. The van der Waals surface area contributed by atoms with Gasteiger partial charge in [0, 0.05) is 30.3 Å². The highest BCUT2D eigenvalue weighted by Crippen LogP contribution is 2.53. The van der Waals surface area contributed by atoms with E-state index in [0.29, 0.717) is 0 Å². The van der Waals surface area contributed by atoms with E-state index in [1.54, 1.807) is 6.92 Å². The van der Waals surface area contributed by atoms with Gasteiger partial charge in [0.25, 0.3) is 0 Å². The highest BCUT2D eigenvalue weighted by Gasteiger charge is 2.34. The first-order chi connectivity index (χ1) is 10.7. The molecule has 0 aromatic heterocycles. The number of anilines is 2. The van der Waals surface area contributed by atoms with Gasteiger partial charge in [0.15, 0.2) is 0 Å². The number of nitrogens with zero attached hydrogens (tertiary/aromatic N) is 2. The number of amides is 1. The van der Waals surface area contributed by atoms with Gasteiger partial charge >= 0.3 is 0 Å². The van der Waals surface area contributed by atoms with Gasteiger partial charge in [-0.2, -0.15) is 0 Å². The van der Waals surface area contributed by atoms with Crippen LogP contribution >= 0.6 is 11.8 Å². The third-order valence-corrected chi connectivity index (χ3v) is 5.74. The molecule has 0 fully saturated rings. The van der Waals surface area contributed by atoms with Gasteiger partial charge in [0.1, 0.15) is 0 Å². The first-order valence-electron chi connectivity index (χ1n) is 7.57. The predicted molar refractivity (Wildman–Crippen MR) is 89.8 cm³/mol. The molecule has 0 saturated carbocycles. The Labute approximate surface area is 134 Å². The Bertz CT molecular complexity index is 759. The summed E-state index contributed by atoms with van der Waals surface area (Å²) in [5.41, 5.74) is 3.84. The molecule has 1 amide bonds. The standard InChI is InChI=1S/C18H18N2OS/c1-12(21)19(2)14-10-11-20-15-7-3-4-8-16(15)22-17-9-5-6-13(14)18(17)20/h3-9,14H,10-11H2,1-2H3. The van der Waals surface area contributed by atoms with Crippen molar-refractivity contribution in [2.75, 3.05) is 18.5 Å². The van der Waals surface area contributed by atoms with Crippen LogP contribution < -0.4 is 4.90 Å². The fourth-order valence-electron chi connectivity index (χ4n) is 3.45. The van der Waals surface area contributed by atoms with Crippen LogP contribution in [0.4, 0.5) is 11.4 Å². The number of fused-ring (bicyclic) bond motifs is 2. The zero-order chi connectivity index (χ0) is 15.3. The summed E-state index contributed by atoms with van der Waals surface area (Å²) in [4.78, 5) is 18.7. The molecule has 0 N–H and O–H groups in total. The molecule has 0 saturated heterocycles. The summed E-state index contributed by atoms with van der Waals surface area (Å²) in [6.45, 7) is 2.59. The Morgan fingerprint density at radius 2 is 1.95 bits per heavy atom. The zero-order valence-electron chi connectivity index (χ0n) is 12.7. The highest BCUT2D eigenvalue weighted by atomic mass is 32.2. The van der Waals surface area contributed by atoms with Crippen molar-refractivity contribution in [1.82, 2.24) is 4.90 Å². The molecular formula is C18H18N2OS. The van der Waals surface area contributed by atoms with E-state index in [9.17, 15) is 4.79 Å². The molecule has 0 spiro atoms. The molecule has 0 radical (unpaired) electrons. The topological polar surface area (TPSA) is 23.6 Å². The molecular weight excluding hydrogens is 292 g/mol. The molecule has 3 nitrogen and oxygen atoms in total. The molecule has 22 heavy (non-hydrogen) atoms. The van der Waals surface area contributed by atoms with Crippen LogP contribution in [0.1, 0.15) is 24.9 Å². The van der Waals surface area contributed by atoms with E-state index in [0.717, 1.165) is 13.0 Å². The van der Waals surface area contributed by atoms with Gasteiger partial charge in [-0.3, -0.25) is 4.79 Å². The fraction of sp³-hybridized carbons (Fsp3) is 0.278. The van der Waals surface area contributed by atoms with E-state index in [2.05, 4.69) is 47.4 Å². The van der Waals surface area contributed by atoms with E-state index in [-0.39, 0.29) is 11.9 Å². The molecule has 4 heteroatoms. The summed E-state index contributed by atoms with van der Waals surface area (Å²) in [5.74, 6) is 0.125. The van der Waals surface area contributed by atoms with Crippen molar-refractivity contribution in [2.24, 2.45) is 0 Å². The molecule has 2 aliphatic rings. The maximum Gasteiger partial charge on any atom is 0.219 e. The van der Waals surface area contributed by atoms with Gasteiger partial charge < -0.3 is 9.80 Å². The van der Waals surface area contributed by atoms with Gasteiger partial charge in [0.2, 0.25) is 5.91 Å². The molecule has 1 unspecified atom stereocenters. The van der Waals surface area contributed by atoms with E-state index >= 15 is 0 Å². The minimum Gasteiger partial charge on any atom is -0.339 e. The van der Waals surface area contributed by atoms with Gasteiger partial charge in [-0.15, -0.1) is 0 Å². The van der Waals surface area contributed by atoms with Crippen molar-refractivity contribution in [3.63, 3.8) is 0 Å². The Morgan fingerprint density at radius 3 is 2.77 bits per heavy atom. The number of hydrogen-bond donors (Lipinski definition) is 0. The summed E-state index contributed by atoms with van der Waals surface area (Å²) in [6, 6.07) is 15.2. The van der Waals surface area contributed by atoms with Crippen LogP contribution in [-0.4, -0.2) is 24.4 Å². The van der Waals surface area contributed by atoms with Gasteiger partial charge in [-0.05, 0) is 30.2 Å². The van der Waals surface area contributed by atoms with Crippen molar-refractivity contribution >= 4 is 29.0 Å². The molecule has 112 valence electrons. The summed E-state index contributed by atoms with van der Waals surface area (Å²) >= 11 is 1.83. The van der Waals surface area contributed by atoms with Gasteiger partial charge in [-0.25, -0.2) is 0 Å². The monoisotopic (exact) mass is 310 g/mol. The number of rotatable bonds is 1. The van der Waals surface area contributed by atoms with Crippen LogP contribution in [0.5, 0.6) is 0 Å². The lowest BCUT2D eigenvalue weighted by molar-refractivity contribution is -0.129. The normalized spacial score (nSPS) is 18.5. The van der Waals surface area contributed by atoms with E-state index in [4.69, 9.17) is 0 Å². The molecule has 2 heterocycles. The van der Waals surface area contributed by atoms with E-state index < -0.39 is 0 Å². The Balaban J connectivity index is 1.86. The second-order valence-electron chi connectivity index (χ2n) is 5.85. The smallest absolute Gasteiger partial charge is 0.219 e. The summed E-state index contributed by atoms with van der Waals surface area (Å²) in [6.07, 6.45) is 0.964. The summed E-state index contributed by atoms with van der Waals surface area (Å²) in [5, 5.41) is 0. The third kappa shape index (κ3) is 1.94. The zero-order valence-corrected chi connectivity index (χ0v) is 13.6. The first kappa shape index (κ1) is 13.7. The molecule has 2 aromatic rings. The van der Waals surface area contributed by atoms with Crippen LogP contribution in [0.3, 0.4) is 0 Å². The van der Waals surface area contributed by atoms with Crippen LogP contribution in [-0.2, 0) is 4.79 Å². The van der Waals surface area contributed by atoms with Crippen molar-refractivity contribution in [3.05, 3.63) is 48.0 Å². The van der Waals surface area contributed by atoms with E-state index in [1.807, 2.05) is 23.7 Å². The maximum atomic E-state index is 11.8. The molecule has 2 aromatic carbocycles. The van der Waals surface area contributed by atoms with Crippen molar-refractivity contribution in [3.8, 4) is 0 Å². The van der Waals surface area contributed by atoms with Crippen LogP contribution in [0.15, 0.2) is 52.3 Å². The van der Waals surface area contributed by atoms with Crippen molar-refractivity contribution < 1.29 is 4.79 Å². The first-order valence-corrected chi connectivity index (χ1v) is 8.39. The number of carbonyl (C=O) groups excluding carboxylic acids is 1. The molecule has 2 aliphatic heterocycles. The lowest BCUT2D eigenvalue weighted by Gasteiger charge is -2.42. The van der Waals surface area contributed by atoms with Crippen LogP contribution in [0, 0.1) is 0 Å². The number of para-hydroxylation sites is 2. The second kappa shape index (κ2) is 5.06. The fourth-order valence-corrected chi connectivity index (χ4v) is 4.58. The molecule has 0 aliphatic carbocycles. The second-order valence-corrected chi connectivity index (χ2v) is 6.93. The number of benzene rings is 2. The van der Waals surface area contributed by atoms with Gasteiger partial charge in [0.05, 0.1) is 17.4 Å². The van der Waals surface area contributed by atoms with Crippen molar-refractivity contribution in [2.45, 2.75) is 29.2 Å². The predicted octanol–water partition coefficient (Wildman–Crippen LogP) is 4.21. The maximum absolute atomic E-state index is 11.8. The minimum absolute atomic E-state index is 0.125. The largest absolute Gasteiger partial charge is 0.339 e. The lowest BCUT2D eigenvalue weighted by atomic mass is 9.94. The minimum atomic E-state index is 0.125. The Kier molecular flexibility index (Phi) is 3.15. The SMILES string of the molecule is CC(=O)N(C)C1CCN2c3ccccc3Sc3cccc1c32. The lowest BCUT2D eigenvalue weighted by Crippen LogP contribution is -2.37. The number of carbonyl (C=O) groups is 1. The van der Waals surface area contributed by atoms with Crippen molar-refractivity contribution in [1.29, 1.82) is 0 Å². The van der Waals surface area contributed by atoms with Crippen LogP contribution in [0.2, 0.25) is 0 Å². The number of hydrogen-bond acceptors (Lipinski definition) is 3. The quantitative estimate of drug-likeness (QED) is 0.788. The molecule has 0 bridgehead atoms. The van der Waals surface area contributed by atoms with Gasteiger partial charge in [-0.1, -0.05) is 36.0 Å². The Morgan fingerprint density at radius 1 is 1.18 bits per heavy atom. The third-order valence-electron chi connectivity index (χ3n) is 4.63. The molecule has 4 rings (SSSR count). The average Bonchev–Trinajstić information content (AvgIpc) is 2.54. The Hall–Kier alpha value is -1.94.